The fraction of sp³-hybridized carbons (Fsp3) is 0.556. The number of rotatable bonds is 8. The van der Waals surface area contributed by atoms with E-state index in [1.54, 1.807) is 0 Å². The van der Waals surface area contributed by atoms with Gasteiger partial charge in [-0.1, -0.05) is 0 Å². The summed E-state index contributed by atoms with van der Waals surface area (Å²) in [6.07, 6.45) is -3.77. The lowest BCUT2D eigenvalue weighted by molar-refractivity contribution is -0.432. The van der Waals surface area contributed by atoms with Crippen molar-refractivity contribution in [3.63, 3.8) is 0 Å². The van der Waals surface area contributed by atoms with Gasteiger partial charge in [-0.25, -0.2) is 36.7 Å². The number of carbonyl (C=O) groups excluding carboxylic acids is 4. The molecule has 0 heterocycles. The number of hydrogen-bond donors (Lipinski definition) is 0. The molecule has 21 heavy (non-hydrogen) atoms. The Morgan fingerprint density at radius 1 is 0.571 bits per heavy atom. The fourth-order valence-electron chi connectivity index (χ4n) is 0.792. The summed E-state index contributed by atoms with van der Waals surface area (Å²) in [7, 11) is 0. The number of ether oxygens (including phenoxy) is 4. The van der Waals surface area contributed by atoms with Crippen molar-refractivity contribution in [1.82, 2.24) is 0 Å². The topological polar surface area (TPSA) is 105 Å². The van der Waals surface area contributed by atoms with Crippen LogP contribution in [0.2, 0.25) is 0 Å². The maximum absolute atomic E-state index is 12.1. The first kappa shape index (κ1) is 18.6. The van der Waals surface area contributed by atoms with Crippen molar-refractivity contribution < 1.29 is 55.7 Å². The van der Waals surface area contributed by atoms with Crippen LogP contribution in [0.3, 0.4) is 0 Å². The highest BCUT2D eigenvalue weighted by Gasteiger charge is 2.50. The molecule has 0 atom stereocenters. The summed E-state index contributed by atoms with van der Waals surface area (Å²) < 4.78 is 63.7. The SMILES string of the molecule is O=C(CF)OC(OC(=O)CF)(OC(=O)CF)OC(=O)CF. The van der Waals surface area contributed by atoms with Crippen LogP contribution in [0.4, 0.5) is 17.6 Å². The summed E-state index contributed by atoms with van der Waals surface area (Å²) in [5.74, 6) is -7.61. The number of carbonyl (C=O) groups is 4. The van der Waals surface area contributed by atoms with Crippen LogP contribution in [-0.4, -0.2) is 56.7 Å². The normalized spacial score (nSPS) is 10.5. The Kier molecular flexibility index (Phi) is 7.71. The lowest BCUT2D eigenvalue weighted by Gasteiger charge is -2.27. The van der Waals surface area contributed by atoms with Gasteiger partial charge in [0.15, 0.2) is 26.7 Å². The van der Waals surface area contributed by atoms with Crippen molar-refractivity contribution in [2.75, 3.05) is 26.7 Å². The number of hydrogen-bond acceptors (Lipinski definition) is 8. The minimum Gasteiger partial charge on any atom is -0.350 e. The monoisotopic (exact) mass is 320 g/mol. The Balaban J connectivity index is 5.43. The second-order valence-electron chi connectivity index (χ2n) is 2.93. The van der Waals surface area contributed by atoms with E-state index in [1.807, 2.05) is 0 Å². The Morgan fingerprint density at radius 2 is 0.762 bits per heavy atom. The minimum atomic E-state index is -3.77. The second kappa shape index (κ2) is 8.71. The molecule has 0 spiro atoms. The van der Waals surface area contributed by atoms with E-state index in [0.29, 0.717) is 0 Å². The van der Waals surface area contributed by atoms with E-state index in [-0.39, 0.29) is 0 Å². The third kappa shape index (κ3) is 6.54. The van der Waals surface area contributed by atoms with Gasteiger partial charge in [-0.05, 0) is 0 Å². The van der Waals surface area contributed by atoms with E-state index in [0.717, 1.165) is 0 Å². The Bertz CT molecular complexity index is 335. The van der Waals surface area contributed by atoms with E-state index in [2.05, 4.69) is 18.9 Å². The van der Waals surface area contributed by atoms with Gasteiger partial charge in [0.1, 0.15) is 0 Å². The molecule has 0 saturated carbocycles. The molecule has 0 N–H and O–H groups in total. The van der Waals surface area contributed by atoms with Crippen LogP contribution < -0.4 is 0 Å². The molecule has 12 heteroatoms. The molecule has 0 bridgehead atoms. The van der Waals surface area contributed by atoms with Crippen LogP contribution in [0.1, 0.15) is 0 Å². The molecular formula is C9H8F4O8. The molecule has 0 radical (unpaired) electrons. The summed E-state index contributed by atoms with van der Waals surface area (Å²) in [6, 6.07) is 0. The molecule has 0 aliphatic heterocycles. The van der Waals surface area contributed by atoms with Gasteiger partial charge in [-0.2, -0.15) is 0 Å². The summed E-state index contributed by atoms with van der Waals surface area (Å²) >= 11 is 0. The Hall–Kier alpha value is -2.40. The Labute approximate surface area is 113 Å². The summed E-state index contributed by atoms with van der Waals surface area (Å²) in [4.78, 5) is 43.1. The molecule has 0 saturated heterocycles. The molecule has 0 amide bonds. The first-order valence-electron chi connectivity index (χ1n) is 4.93. The molecule has 0 unspecified atom stereocenters. The van der Waals surface area contributed by atoms with Crippen LogP contribution in [-0.2, 0) is 38.1 Å². The minimum absolute atomic E-state index is 1.88. The highest BCUT2D eigenvalue weighted by Crippen LogP contribution is 2.20. The standard InChI is InChI=1S/C9H8F4O8/c10-1-5(14)18-9(19-6(15)2-11,20-7(16)3-12)21-8(17)4-13/h1-4H2. The molecule has 0 aliphatic rings. The largest absolute Gasteiger partial charge is 0.620 e. The van der Waals surface area contributed by atoms with Crippen molar-refractivity contribution in [1.29, 1.82) is 0 Å². The van der Waals surface area contributed by atoms with Crippen molar-refractivity contribution in [2.24, 2.45) is 0 Å². The third-order valence-electron chi connectivity index (χ3n) is 1.39. The van der Waals surface area contributed by atoms with Crippen LogP contribution in [0.15, 0.2) is 0 Å². The van der Waals surface area contributed by atoms with Gasteiger partial charge >= 0.3 is 30.0 Å². The molecule has 0 aliphatic carbocycles. The maximum Gasteiger partial charge on any atom is 0.620 e. The van der Waals surface area contributed by atoms with Crippen LogP contribution in [0.25, 0.3) is 0 Å². The average Bonchev–Trinajstić information content (AvgIpc) is 2.46. The van der Waals surface area contributed by atoms with Crippen molar-refractivity contribution in [3.8, 4) is 0 Å². The molecule has 120 valence electrons. The zero-order valence-electron chi connectivity index (χ0n) is 10.1. The smallest absolute Gasteiger partial charge is 0.350 e. The van der Waals surface area contributed by atoms with Crippen LogP contribution in [0, 0.1) is 0 Å². The van der Waals surface area contributed by atoms with Gasteiger partial charge in [0.05, 0.1) is 0 Å². The van der Waals surface area contributed by atoms with E-state index in [9.17, 15) is 36.7 Å². The highest BCUT2D eigenvalue weighted by atomic mass is 19.1. The Morgan fingerprint density at radius 3 is 0.905 bits per heavy atom. The van der Waals surface area contributed by atoms with Gasteiger partial charge in [0.2, 0.25) is 0 Å². The second-order valence-corrected chi connectivity index (χ2v) is 2.93. The third-order valence-corrected chi connectivity index (χ3v) is 1.39. The van der Waals surface area contributed by atoms with Crippen molar-refractivity contribution >= 4 is 23.9 Å². The number of halogens is 4. The molecule has 0 aromatic carbocycles. The molecule has 0 fully saturated rings. The zero-order chi connectivity index (χ0) is 16.5. The lowest BCUT2D eigenvalue weighted by atomic mass is 10.7. The van der Waals surface area contributed by atoms with Crippen molar-refractivity contribution in [2.45, 2.75) is 6.16 Å². The van der Waals surface area contributed by atoms with Gasteiger partial charge in [-0.15, -0.1) is 0 Å². The van der Waals surface area contributed by atoms with Gasteiger partial charge in [0.25, 0.3) is 0 Å². The average molecular weight is 320 g/mol. The molecule has 0 aromatic heterocycles. The van der Waals surface area contributed by atoms with Gasteiger partial charge in [-0.3, -0.25) is 0 Å². The summed E-state index contributed by atoms with van der Waals surface area (Å²) in [6.45, 7) is -7.52. The highest BCUT2D eigenvalue weighted by molar-refractivity contribution is 5.76. The predicted molar refractivity (Wildman–Crippen MR) is 51.0 cm³/mol. The van der Waals surface area contributed by atoms with Gasteiger partial charge in [0, 0.05) is 0 Å². The number of alkyl halides is 4. The molecular weight excluding hydrogens is 312 g/mol. The molecule has 8 nitrogen and oxygen atoms in total. The summed E-state index contributed by atoms with van der Waals surface area (Å²) in [5.41, 5.74) is 0. The predicted octanol–water partition coefficient (Wildman–Crippen LogP) is -0.352. The first-order chi connectivity index (χ1) is 9.82. The molecule has 0 aromatic rings. The maximum atomic E-state index is 12.1. The van der Waals surface area contributed by atoms with Crippen molar-refractivity contribution in [3.05, 3.63) is 0 Å². The van der Waals surface area contributed by atoms with E-state index in [4.69, 9.17) is 0 Å². The quantitative estimate of drug-likeness (QED) is 0.339. The van der Waals surface area contributed by atoms with E-state index >= 15 is 0 Å². The molecule has 0 rings (SSSR count). The van der Waals surface area contributed by atoms with Gasteiger partial charge < -0.3 is 18.9 Å². The van der Waals surface area contributed by atoms with Crippen LogP contribution in [0.5, 0.6) is 0 Å². The van der Waals surface area contributed by atoms with E-state index in [1.165, 1.54) is 0 Å². The first-order valence-corrected chi connectivity index (χ1v) is 4.93. The number of esters is 4. The van der Waals surface area contributed by atoms with Crippen LogP contribution >= 0.6 is 0 Å². The van der Waals surface area contributed by atoms with E-state index < -0.39 is 56.7 Å². The lowest BCUT2D eigenvalue weighted by Crippen LogP contribution is -2.49. The fourth-order valence-corrected chi connectivity index (χ4v) is 0.792. The zero-order valence-corrected chi connectivity index (χ0v) is 10.1. The summed E-state index contributed by atoms with van der Waals surface area (Å²) in [5, 5.41) is 0.